The number of nitrogens with zero attached hydrogens (tertiary/aromatic N) is 2. The molecule has 2 aliphatic rings. The molecule has 1 fully saturated rings. The zero-order valence-electron chi connectivity index (χ0n) is 22.4. The molecule has 0 spiro atoms. The topological polar surface area (TPSA) is 169 Å². The van der Waals surface area contributed by atoms with Gasteiger partial charge in [-0.1, -0.05) is 30.3 Å². The number of hydrogen-bond donors (Lipinski definition) is 4. The van der Waals surface area contributed by atoms with Crippen LogP contribution in [0.4, 0.5) is 0 Å². The fraction of sp³-hybridized carbons (Fsp3) is 0.483. The number of carbonyl (C=O) groups excluding carboxylic acids is 1. The second kappa shape index (κ2) is 12.7. The summed E-state index contributed by atoms with van der Waals surface area (Å²) in [6.07, 6.45) is 4.45. The molecule has 0 aromatic heterocycles. The first-order valence-electron chi connectivity index (χ1n) is 13.7. The third-order valence-electron chi connectivity index (χ3n) is 7.94. The molecule has 2 aliphatic heterocycles. The Morgan fingerprint density at radius 3 is 2.51 bits per heavy atom. The maximum atomic E-state index is 13.8. The van der Waals surface area contributed by atoms with Gasteiger partial charge >= 0.3 is 0 Å². The zero-order valence-corrected chi connectivity index (χ0v) is 23.2. The van der Waals surface area contributed by atoms with Crippen molar-refractivity contribution in [1.29, 1.82) is 5.41 Å². The van der Waals surface area contributed by atoms with Crippen LogP contribution in [0.15, 0.2) is 58.4 Å². The van der Waals surface area contributed by atoms with Crippen LogP contribution in [0.3, 0.4) is 0 Å². The SMILES string of the molecule is N=C(N)c1cccc(CC(CS(=O)(=O)c2cccc(C3CCC(N)=NC3)c2)C(=O)N2CCC(CCN)CC2)c1. The quantitative estimate of drug-likeness (QED) is 0.261. The van der Waals surface area contributed by atoms with E-state index in [0.29, 0.717) is 49.9 Å². The van der Waals surface area contributed by atoms with E-state index < -0.39 is 15.8 Å². The standard InChI is InChI=1S/C29H40N6O3S/c30-12-9-20-10-13-35(14-11-20)29(36)25(16-21-3-1-5-23(15-21)28(32)33)19-39(37,38)26-6-2-4-22(17-26)24-7-8-27(31)34-18-24/h1-6,15,17,20,24-25H,7-14,16,18-19,30H2,(H2,31,34)(H3,32,33). The first-order chi connectivity index (χ1) is 18.7. The van der Waals surface area contributed by atoms with Crippen LogP contribution in [-0.2, 0) is 21.1 Å². The lowest BCUT2D eigenvalue weighted by molar-refractivity contribution is -0.136. The van der Waals surface area contributed by atoms with E-state index in [1.54, 1.807) is 36.4 Å². The van der Waals surface area contributed by atoms with E-state index in [1.807, 2.05) is 17.0 Å². The maximum absolute atomic E-state index is 13.8. The second-order valence-corrected chi connectivity index (χ2v) is 12.8. The van der Waals surface area contributed by atoms with Gasteiger partial charge in [0.1, 0.15) is 5.84 Å². The first-order valence-corrected chi connectivity index (χ1v) is 15.3. The van der Waals surface area contributed by atoms with Crippen molar-refractivity contribution in [2.45, 2.75) is 49.3 Å². The van der Waals surface area contributed by atoms with E-state index in [4.69, 9.17) is 22.6 Å². The van der Waals surface area contributed by atoms with Crippen LogP contribution in [0.2, 0.25) is 0 Å². The first kappa shape index (κ1) is 28.8. The van der Waals surface area contributed by atoms with Gasteiger partial charge in [-0.25, -0.2) is 8.42 Å². The molecule has 0 bridgehead atoms. The van der Waals surface area contributed by atoms with Gasteiger partial charge in [0.25, 0.3) is 0 Å². The Labute approximate surface area is 231 Å². The van der Waals surface area contributed by atoms with Crippen LogP contribution < -0.4 is 17.2 Å². The van der Waals surface area contributed by atoms with E-state index in [1.165, 1.54) is 0 Å². The summed E-state index contributed by atoms with van der Waals surface area (Å²) in [6, 6.07) is 14.2. The molecule has 9 nitrogen and oxygen atoms in total. The van der Waals surface area contributed by atoms with Gasteiger partial charge in [0.2, 0.25) is 5.91 Å². The number of nitrogen functional groups attached to an aromatic ring is 1. The Hall–Kier alpha value is -3.24. The van der Waals surface area contributed by atoms with Crippen molar-refractivity contribution in [2.75, 3.05) is 31.9 Å². The van der Waals surface area contributed by atoms with Gasteiger partial charge in [-0.05, 0) is 73.9 Å². The Morgan fingerprint density at radius 2 is 1.85 bits per heavy atom. The van der Waals surface area contributed by atoms with Crippen molar-refractivity contribution in [3.63, 3.8) is 0 Å². The number of piperidine rings is 1. The molecule has 4 rings (SSSR count). The number of benzene rings is 2. The summed E-state index contributed by atoms with van der Waals surface area (Å²) in [5.74, 6) is -0.0165. The molecule has 2 unspecified atom stereocenters. The summed E-state index contributed by atoms with van der Waals surface area (Å²) in [6.45, 7) is 2.39. The number of nitrogens with one attached hydrogen (secondary N) is 1. The largest absolute Gasteiger partial charge is 0.387 e. The Balaban J connectivity index is 1.57. The average molecular weight is 553 g/mol. The number of sulfone groups is 1. The fourth-order valence-corrected chi connectivity index (χ4v) is 7.20. The summed E-state index contributed by atoms with van der Waals surface area (Å²) in [5.41, 5.74) is 19.5. The monoisotopic (exact) mass is 552 g/mol. The van der Waals surface area contributed by atoms with E-state index in [2.05, 4.69) is 4.99 Å². The molecule has 1 saturated heterocycles. The number of aliphatic imine (C=N–C) groups is 1. The predicted molar refractivity (Wildman–Crippen MR) is 155 cm³/mol. The smallest absolute Gasteiger partial charge is 0.227 e. The molecule has 0 saturated carbocycles. The number of hydrogen-bond acceptors (Lipinski definition) is 7. The molecule has 2 aromatic carbocycles. The third-order valence-corrected chi connectivity index (χ3v) is 9.76. The number of likely N-dealkylation sites (tertiary alicyclic amines) is 1. The van der Waals surface area contributed by atoms with Crippen molar-refractivity contribution < 1.29 is 13.2 Å². The van der Waals surface area contributed by atoms with Gasteiger partial charge in [0.05, 0.1) is 22.4 Å². The number of amidine groups is 2. The van der Waals surface area contributed by atoms with Gasteiger partial charge in [-0.15, -0.1) is 0 Å². The Bertz CT molecular complexity index is 1320. The van der Waals surface area contributed by atoms with E-state index in [9.17, 15) is 13.2 Å². The average Bonchev–Trinajstić information content (AvgIpc) is 2.93. The summed E-state index contributed by atoms with van der Waals surface area (Å²) >= 11 is 0. The highest BCUT2D eigenvalue weighted by molar-refractivity contribution is 7.91. The number of nitrogens with two attached hydrogens (primary N) is 3. The van der Waals surface area contributed by atoms with Crippen molar-refractivity contribution in [1.82, 2.24) is 4.90 Å². The van der Waals surface area contributed by atoms with Crippen LogP contribution in [0, 0.1) is 17.2 Å². The van der Waals surface area contributed by atoms with Crippen molar-refractivity contribution in [3.8, 4) is 0 Å². The number of rotatable bonds is 10. The van der Waals surface area contributed by atoms with Gasteiger partial charge in [0, 0.05) is 37.5 Å². The molecule has 2 aromatic rings. The minimum atomic E-state index is -3.77. The molecule has 10 heteroatoms. The van der Waals surface area contributed by atoms with E-state index in [0.717, 1.165) is 36.8 Å². The minimum Gasteiger partial charge on any atom is -0.387 e. The summed E-state index contributed by atoms with van der Waals surface area (Å²) < 4.78 is 27.5. The maximum Gasteiger partial charge on any atom is 0.227 e. The highest BCUT2D eigenvalue weighted by Crippen LogP contribution is 2.29. The van der Waals surface area contributed by atoms with Crippen molar-refractivity contribution >= 4 is 27.4 Å². The highest BCUT2D eigenvalue weighted by atomic mass is 32.2. The van der Waals surface area contributed by atoms with Crippen LogP contribution in [0.1, 0.15) is 54.7 Å². The van der Waals surface area contributed by atoms with Crippen LogP contribution in [0.25, 0.3) is 0 Å². The number of carbonyl (C=O) groups is 1. The van der Waals surface area contributed by atoms with Crippen LogP contribution in [-0.4, -0.2) is 62.8 Å². The van der Waals surface area contributed by atoms with Gasteiger partial charge in [0.15, 0.2) is 9.84 Å². The van der Waals surface area contributed by atoms with Gasteiger partial charge < -0.3 is 22.1 Å². The predicted octanol–water partition coefficient (Wildman–Crippen LogP) is 2.43. The normalized spacial score (nSPS) is 19.4. The van der Waals surface area contributed by atoms with Crippen molar-refractivity contribution in [2.24, 2.45) is 34.0 Å². The summed E-state index contributed by atoms with van der Waals surface area (Å²) in [4.78, 5) is 20.2. The molecule has 210 valence electrons. The van der Waals surface area contributed by atoms with E-state index >= 15 is 0 Å². The van der Waals surface area contributed by atoms with Gasteiger partial charge in [-0.2, -0.15) is 0 Å². The molecule has 0 aliphatic carbocycles. The lowest BCUT2D eigenvalue weighted by atomic mass is 9.92. The lowest BCUT2D eigenvalue weighted by Gasteiger charge is -2.34. The summed E-state index contributed by atoms with van der Waals surface area (Å²) in [5, 5.41) is 7.77. The van der Waals surface area contributed by atoms with Crippen LogP contribution in [0.5, 0.6) is 0 Å². The summed E-state index contributed by atoms with van der Waals surface area (Å²) in [7, 11) is -3.77. The minimum absolute atomic E-state index is 0.0695. The fourth-order valence-electron chi connectivity index (χ4n) is 5.62. The van der Waals surface area contributed by atoms with Crippen LogP contribution >= 0.6 is 0 Å². The number of amides is 1. The lowest BCUT2D eigenvalue weighted by Crippen LogP contribution is -2.44. The second-order valence-electron chi connectivity index (χ2n) is 10.8. The highest BCUT2D eigenvalue weighted by Gasteiger charge is 2.33. The van der Waals surface area contributed by atoms with Crippen molar-refractivity contribution in [3.05, 3.63) is 65.2 Å². The zero-order chi connectivity index (χ0) is 28.0. The molecule has 2 atom stereocenters. The molecular weight excluding hydrogens is 512 g/mol. The molecule has 1 amide bonds. The Morgan fingerprint density at radius 1 is 1.10 bits per heavy atom. The Kier molecular flexibility index (Phi) is 9.40. The molecule has 2 heterocycles. The molecule has 7 N–H and O–H groups in total. The molecule has 39 heavy (non-hydrogen) atoms. The van der Waals surface area contributed by atoms with E-state index in [-0.39, 0.29) is 34.7 Å². The third kappa shape index (κ3) is 7.45. The molecule has 0 radical (unpaired) electrons. The molecular formula is C29H40N6O3S. The van der Waals surface area contributed by atoms with Gasteiger partial charge in [-0.3, -0.25) is 15.2 Å².